The van der Waals surface area contributed by atoms with Crippen molar-refractivity contribution >= 4 is 28.7 Å². The van der Waals surface area contributed by atoms with Gasteiger partial charge in [-0.15, -0.1) is 0 Å². The lowest BCUT2D eigenvalue weighted by atomic mass is 9.89. The van der Waals surface area contributed by atoms with Gasteiger partial charge in [0, 0.05) is 38.3 Å². The van der Waals surface area contributed by atoms with E-state index in [0.29, 0.717) is 30.2 Å². The van der Waals surface area contributed by atoms with Crippen molar-refractivity contribution in [3.63, 3.8) is 0 Å². The molecule has 214 valence electrons. The Morgan fingerprint density at radius 2 is 1.93 bits per heavy atom. The van der Waals surface area contributed by atoms with E-state index in [9.17, 15) is 9.90 Å². The van der Waals surface area contributed by atoms with Crippen LogP contribution in [0.4, 0.5) is 26.1 Å². The summed E-state index contributed by atoms with van der Waals surface area (Å²) in [5, 5.41) is 21.1. The second-order valence-corrected chi connectivity index (χ2v) is 10.8. The van der Waals surface area contributed by atoms with Gasteiger partial charge in [-0.05, 0) is 41.8 Å². The van der Waals surface area contributed by atoms with Crippen LogP contribution in [-0.2, 0) is 15.1 Å². The van der Waals surface area contributed by atoms with Crippen LogP contribution in [-0.4, -0.2) is 69.0 Å². The quantitative estimate of drug-likeness (QED) is 0.277. The molecule has 2 aliphatic heterocycles. The van der Waals surface area contributed by atoms with Gasteiger partial charge in [0.05, 0.1) is 53.8 Å². The van der Waals surface area contributed by atoms with Gasteiger partial charge in [0.25, 0.3) is 0 Å². The summed E-state index contributed by atoms with van der Waals surface area (Å²) in [4.78, 5) is 22.5. The highest BCUT2D eigenvalue weighted by atomic mass is 19.1. The van der Waals surface area contributed by atoms with Gasteiger partial charge < -0.3 is 31.1 Å². The summed E-state index contributed by atoms with van der Waals surface area (Å²) in [6.45, 7) is 4.64. The van der Waals surface area contributed by atoms with Gasteiger partial charge in [-0.1, -0.05) is 6.92 Å². The number of piperidine rings is 1. The molecule has 6 rings (SSSR count). The van der Waals surface area contributed by atoms with Crippen LogP contribution in [0.3, 0.4) is 0 Å². The van der Waals surface area contributed by atoms with Gasteiger partial charge >= 0.3 is 0 Å². The monoisotopic (exact) mass is 564 g/mol. The van der Waals surface area contributed by atoms with Gasteiger partial charge in [-0.2, -0.15) is 9.61 Å². The molecule has 2 aliphatic rings. The molecule has 11 nitrogen and oxygen atoms in total. The highest BCUT2D eigenvalue weighted by molar-refractivity contribution is 5.75. The van der Waals surface area contributed by atoms with Crippen LogP contribution in [0, 0.1) is 17.6 Å². The van der Waals surface area contributed by atoms with Crippen LogP contribution in [0.25, 0.3) is 16.8 Å². The molecule has 0 unspecified atom stereocenters. The number of ether oxygens (including phenoxy) is 1. The molecule has 5 N–H and O–H groups in total. The van der Waals surface area contributed by atoms with Crippen molar-refractivity contribution < 1.29 is 23.4 Å². The van der Waals surface area contributed by atoms with E-state index < -0.39 is 17.2 Å². The van der Waals surface area contributed by atoms with Gasteiger partial charge in [0.15, 0.2) is 0 Å². The molecule has 0 spiro atoms. The maximum atomic E-state index is 15.2. The lowest BCUT2D eigenvalue weighted by Crippen LogP contribution is -2.61. The van der Waals surface area contributed by atoms with Gasteiger partial charge in [-0.25, -0.2) is 13.8 Å². The number of hydrogen-bond donors (Lipinski definition) is 4. The maximum Gasteiger partial charge on any atom is 0.229 e. The Bertz CT molecular complexity index is 1590. The van der Waals surface area contributed by atoms with Crippen LogP contribution >= 0.6 is 0 Å². The number of halogens is 2. The molecule has 5 heterocycles. The second kappa shape index (κ2) is 10.3. The number of benzene rings is 1. The largest absolute Gasteiger partial charge is 0.380 e. The molecule has 2 saturated heterocycles. The predicted octanol–water partition coefficient (Wildman–Crippen LogP) is 2.32. The molecule has 1 amide bonds. The number of rotatable bonds is 6. The van der Waals surface area contributed by atoms with Crippen molar-refractivity contribution in [1.29, 1.82) is 0 Å². The summed E-state index contributed by atoms with van der Waals surface area (Å²) in [6.07, 6.45) is 4.93. The number of nitrogens with zero attached hydrogens (tertiary/aromatic N) is 5. The van der Waals surface area contributed by atoms with E-state index in [4.69, 9.17) is 10.5 Å². The summed E-state index contributed by atoms with van der Waals surface area (Å²) in [7, 11) is 0. The van der Waals surface area contributed by atoms with Gasteiger partial charge in [0.2, 0.25) is 11.9 Å². The number of fused-ring (bicyclic) bond motifs is 1. The molecule has 0 aliphatic carbocycles. The summed E-state index contributed by atoms with van der Waals surface area (Å²) in [6, 6.07) is 6.85. The Morgan fingerprint density at radius 1 is 1.17 bits per heavy atom. The zero-order chi connectivity index (χ0) is 28.9. The number of carbonyl (C=O) groups excluding carboxylic acids is 1. The molecule has 41 heavy (non-hydrogen) atoms. The van der Waals surface area contributed by atoms with Crippen molar-refractivity contribution in [2.45, 2.75) is 31.5 Å². The number of anilines is 3. The number of carbonyl (C=O) groups is 1. The van der Waals surface area contributed by atoms with E-state index in [2.05, 4.69) is 30.6 Å². The maximum absolute atomic E-state index is 15.2. The average Bonchev–Trinajstić information content (AvgIpc) is 3.31. The molecule has 0 radical (unpaired) electrons. The van der Waals surface area contributed by atoms with Crippen LogP contribution in [0.15, 0.2) is 48.9 Å². The number of amides is 1. The standard InChI is InChI=1S/C28H30F2N8O3/c1-15-11-37(12-21(31)26(15)34-16(2)39)24-5-6-32-10-23(24)35-27-33-9-18-3-4-22(36-38(18)27)25-19(29)7-17(8-20(25)30)28(40)13-41-14-28/h3-10,15,21,26,40H,11-14,31H2,1-2H3,(H,33,35)(H,34,39)/t15-,21+,26-/m0/s1. The summed E-state index contributed by atoms with van der Waals surface area (Å²) < 4.78 is 36.8. The van der Waals surface area contributed by atoms with Crippen molar-refractivity contribution in [3.05, 3.63) is 66.1 Å². The van der Waals surface area contributed by atoms with Crippen molar-refractivity contribution in [3.8, 4) is 11.3 Å². The first kappa shape index (κ1) is 27.0. The number of nitrogens with one attached hydrogen (secondary N) is 2. The van der Waals surface area contributed by atoms with E-state index in [0.717, 1.165) is 17.8 Å². The number of aliphatic hydroxyl groups is 1. The Hall–Kier alpha value is -4.20. The fraction of sp³-hybridized carbons (Fsp3) is 0.357. The van der Waals surface area contributed by atoms with Gasteiger partial charge in [0.1, 0.15) is 17.2 Å². The summed E-state index contributed by atoms with van der Waals surface area (Å²) >= 11 is 0. The van der Waals surface area contributed by atoms with Crippen LogP contribution in [0.5, 0.6) is 0 Å². The zero-order valence-corrected chi connectivity index (χ0v) is 22.5. The third kappa shape index (κ3) is 4.96. The fourth-order valence-electron chi connectivity index (χ4n) is 5.54. The fourth-order valence-corrected chi connectivity index (χ4v) is 5.54. The molecule has 13 heteroatoms. The topological polar surface area (TPSA) is 143 Å². The molecule has 4 aromatic rings. The Morgan fingerprint density at radius 3 is 2.59 bits per heavy atom. The Labute approximate surface area is 234 Å². The highest BCUT2D eigenvalue weighted by Crippen LogP contribution is 2.35. The van der Waals surface area contributed by atoms with E-state index in [-0.39, 0.29) is 53.9 Å². The molecule has 0 bridgehead atoms. The third-order valence-electron chi connectivity index (χ3n) is 7.67. The lowest BCUT2D eigenvalue weighted by molar-refractivity contribution is -0.184. The predicted molar refractivity (Wildman–Crippen MR) is 148 cm³/mol. The number of hydrogen-bond acceptors (Lipinski definition) is 9. The first-order valence-corrected chi connectivity index (χ1v) is 13.3. The minimum absolute atomic E-state index is 0.0198. The molecule has 0 saturated carbocycles. The summed E-state index contributed by atoms with van der Waals surface area (Å²) in [5.41, 5.74) is 6.99. The number of imidazole rings is 1. The van der Waals surface area contributed by atoms with Crippen molar-refractivity contribution in [2.24, 2.45) is 11.7 Å². The van der Waals surface area contributed by atoms with Crippen LogP contribution < -0.4 is 21.3 Å². The zero-order valence-electron chi connectivity index (χ0n) is 22.5. The van der Waals surface area contributed by atoms with E-state index in [1.807, 2.05) is 13.0 Å². The Balaban J connectivity index is 1.30. The molecule has 2 fully saturated rings. The van der Waals surface area contributed by atoms with Crippen molar-refractivity contribution in [2.75, 3.05) is 36.5 Å². The highest BCUT2D eigenvalue weighted by Gasteiger charge is 2.39. The van der Waals surface area contributed by atoms with E-state index in [1.54, 1.807) is 24.7 Å². The molecule has 1 aromatic carbocycles. The second-order valence-electron chi connectivity index (χ2n) is 10.8. The van der Waals surface area contributed by atoms with E-state index in [1.165, 1.54) is 17.5 Å². The molecular formula is C28H30F2N8O3. The first-order valence-electron chi connectivity index (χ1n) is 13.3. The minimum atomic E-state index is -1.40. The van der Waals surface area contributed by atoms with E-state index >= 15 is 8.78 Å². The number of nitrogens with two attached hydrogens (primary N) is 1. The number of pyridine rings is 1. The first-order chi connectivity index (χ1) is 19.6. The van der Waals surface area contributed by atoms with Gasteiger partial charge in [-0.3, -0.25) is 9.78 Å². The van der Waals surface area contributed by atoms with Crippen LogP contribution in [0.1, 0.15) is 19.4 Å². The molecule has 3 atom stereocenters. The van der Waals surface area contributed by atoms with Crippen LogP contribution in [0.2, 0.25) is 0 Å². The number of aromatic nitrogens is 4. The summed E-state index contributed by atoms with van der Waals surface area (Å²) in [5.74, 6) is -1.39. The lowest BCUT2D eigenvalue weighted by Gasteiger charge is -2.42. The molecular weight excluding hydrogens is 534 g/mol. The van der Waals surface area contributed by atoms with Crippen molar-refractivity contribution in [1.82, 2.24) is 24.9 Å². The third-order valence-corrected chi connectivity index (χ3v) is 7.67. The Kier molecular flexibility index (Phi) is 6.80. The minimum Gasteiger partial charge on any atom is -0.380 e. The SMILES string of the molecule is CC(=O)N[C@@H]1[C@H](N)CN(c2ccncc2Nc2ncc3ccc(-c4c(F)cc(C5(O)COC5)cc4F)nn23)C[C@@H]1C. The normalized spacial score (nSPS) is 21.9. The smallest absolute Gasteiger partial charge is 0.229 e. The average molecular weight is 565 g/mol. The molecule has 3 aromatic heterocycles.